The van der Waals surface area contributed by atoms with Gasteiger partial charge in [-0.25, -0.2) is 0 Å². The molecule has 0 aliphatic carbocycles. The highest BCUT2D eigenvalue weighted by Gasteiger charge is 2.19. The normalized spacial score (nSPS) is 16.6. The molecule has 0 fully saturated rings. The van der Waals surface area contributed by atoms with E-state index in [1.165, 1.54) is 5.56 Å². The fourth-order valence-electron chi connectivity index (χ4n) is 2.74. The SMILES string of the molecule is O=C(CCCc1cn[nH]c1)NC[C@H]1COc2ccccc2C1. The number of ether oxygens (including phenoxy) is 1. The van der Waals surface area contributed by atoms with Gasteiger partial charge in [-0.05, 0) is 36.5 Å². The number of aromatic amines is 1. The Hall–Kier alpha value is -2.30. The number of para-hydroxylation sites is 1. The molecule has 116 valence electrons. The Kier molecular flexibility index (Phi) is 4.73. The number of carbonyl (C=O) groups is 1. The third kappa shape index (κ3) is 3.87. The highest BCUT2D eigenvalue weighted by molar-refractivity contribution is 5.75. The number of benzene rings is 1. The first kappa shape index (κ1) is 14.6. The second-order valence-corrected chi connectivity index (χ2v) is 5.75. The maximum absolute atomic E-state index is 11.9. The summed E-state index contributed by atoms with van der Waals surface area (Å²) in [6, 6.07) is 8.11. The van der Waals surface area contributed by atoms with E-state index in [4.69, 9.17) is 4.74 Å². The monoisotopic (exact) mass is 299 g/mol. The van der Waals surface area contributed by atoms with Gasteiger partial charge in [0, 0.05) is 25.1 Å². The first-order chi connectivity index (χ1) is 10.8. The summed E-state index contributed by atoms with van der Waals surface area (Å²) in [5.74, 6) is 1.44. The Morgan fingerprint density at radius 1 is 1.41 bits per heavy atom. The topological polar surface area (TPSA) is 67.0 Å². The predicted octanol–water partition coefficient (Wildman–Crippen LogP) is 2.10. The van der Waals surface area contributed by atoms with Gasteiger partial charge >= 0.3 is 0 Å². The van der Waals surface area contributed by atoms with E-state index in [-0.39, 0.29) is 5.91 Å². The third-order valence-electron chi connectivity index (χ3n) is 3.97. The quantitative estimate of drug-likeness (QED) is 0.858. The molecule has 1 amide bonds. The van der Waals surface area contributed by atoms with E-state index in [2.05, 4.69) is 21.6 Å². The molecular weight excluding hydrogens is 278 g/mol. The van der Waals surface area contributed by atoms with Gasteiger partial charge in [-0.2, -0.15) is 5.10 Å². The molecule has 1 aromatic carbocycles. The Morgan fingerprint density at radius 2 is 2.32 bits per heavy atom. The van der Waals surface area contributed by atoms with E-state index in [1.54, 1.807) is 6.20 Å². The molecule has 1 aliphatic heterocycles. The lowest BCUT2D eigenvalue weighted by Crippen LogP contribution is -2.34. The van der Waals surface area contributed by atoms with Gasteiger partial charge in [0.15, 0.2) is 0 Å². The molecule has 0 bridgehead atoms. The van der Waals surface area contributed by atoms with Crippen molar-refractivity contribution in [2.45, 2.75) is 25.7 Å². The van der Waals surface area contributed by atoms with Crippen LogP contribution in [0, 0.1) is 5.92 Å². The van der Waals surface area contributed by atoms with E-state index in [0.29, 0.717) is 25.5 Å². The molecule has 0 saturated carbocycles. The zero-order chi connectivity index (χ0) is 15.2. The van der Waals surface area contributed by atoms with Crippen LogP contribution >= 0.6 is 0 Å². The van der Waals surface area contributed by atoms with Gasteiger partial charge in [0.2, 0.25) is 5.91 Å². The highest BCUT2D eigenvalue weighted by atomic mass is 16.5. The highest BCUT2D eigenvalue weighted by Crippen LogP contribution is 2.26. The van der Waals surface area contributed by atoms with Crippen molar-refractivity contribution in [2.75, 3.05) is 13.2 Å². The van der Waals surface area contributed by atoms with E-state index >= 15 is 0 Å². The second kappa shape index (κ2) is 7.11. The number of aromatic nitrogens is 2. The molecule has 0 spiro atoms. The molecule has 1 aliphatic rings. The molecular formula is C17H21N3O2. The van der Waals surface area contributed by atoms with Crippen molar-refractivity contribution in [2.24, 2.45) is 5.92 Å². The number of H-pyrrole nitrogens is 1. The standard InChI is InChI=1S/C17H21N3O2/c21-17(7-3-4-13-10-19-20-11-13)18-9-14-8-15-5-1-2-6-16(15)22-12-14/h1-2,5-6,10-11,14H,3-4,7-9,12H2,(H,18,21)(H,19,20)/t14-/m0/s1. The molecule has 2 N–H and O–H groups in total. The molecule has 5 nitrogen and oxygen atoms in total. The van der Waals surface area contributed by atoms with Crippen molar-refractivity contribution in [3.05, 3.63) is 47.8 Å². The van der Waals surface area contributed by atoms with Crippen LogP contribution in [0.15, 0.2) is 36.7 Å². The average Bonchev–Trinajstić information content (AvgIpc) is 3.06. The zero-order valence-electron chi connectivity index (χ0n) is 12.5. The van der Waals surface area contributed by atoms with E-state index in [0.717, 1.165) is 30.6 Å². The largest absolute Gasteiger partial charge is 0.493 e. The van der Waals surface area contributed by atoms with Crippen molar-refractivity contribution >= 4 is 5.91 Å². The van der Waals surface area contributed by atoms with Crippen LogP contribution in [0.1, 0.15) is 24.0 Å². The van der Waals surface area contributed by atoms with Crippen LogP contribution < -0.4 is 10.1 Å². The van der Waals surface area contributed by atoms with Gasteiger partial charge in [0.05, 0.1) is 12.8 Å². The lowest BCUT2D eigenvalue weighted by atomic mass is 9.97. The van der Waals surface area contributed by atoms with Crippen LogP contribution in [0.5, 0.6) is 5.75 Å². The molecule has 2 aromatic rings. The zero-order valence-corrected chi connectivity index (χ0v) is 12.5. The van der Waals surface area contributed by atoms with E-state index in [9.17, 15) is 4.79 Å². The number of carbonyl (C=O) groups excluding carboxylic acids is 1. The maximum atomic E-state index is 11.9. The van der Waals surface area contributed by atoms with Gasteiger partial charge in [-0.15, -0.1) is 0 Å². The molecule has 3 rings (SSSR count). The van der Waals surface area contributed by atoms with Crippen molar-refractivity contribution in [1.29, 1.82) is 0 Å². The van der Waals surface area contributed by atoms with Crippen molar-refractivity contribution in [3.63, 3.8) is 0 Å². The summed E-state index contributed by atoms with van der Waals surface area (Å²) < 4.78 is 5.74. The lowest BCUT2D eigenvalue weighted by Gasteiger charge is -2.25. The van der Waals surface area contributed by atoms with Gasteiger partial charge < -0.3 is 10.1 Å². The number of hydrogen-bond donors (Lipinski definition) is 2. The molecule has 1 atom stereocenters. The number of nitrogens with zero attached hydrogens (tertiary/aromatic N) is 1. The molecule has 0 saturated heterocycles. The minimum Gasteiger partial charge on any atom is -0.493 e. The van der Waals surface area contributed by atoms with Gasteiger partial charge in [-0.3, -0.25) is 9.89 Å². The minimum atomic E-state index is 0.113. The summed E-state index contributed by atoms with van der Waals surface area (Å²) >= 11 is 0. The number of aryl methyl sites for hydroxylation is 1. The van der Waals surface area contributed by atoms with Crippen molar-refractivity contribution < 1.29 is 9.53 Å². The fraction of sp³-hybridized carbons (Fsp3) is 0.412. The molecule has 1 aromatic heterocycles. The Labute approximate surface area is 130 Å². The smallest absolute Gasteiger partial charge is 0.220 e. The number of rotatable bonds is 6. The van der Waals surface area contributed by atoms with Gasteiger partial charge in [-0.1, -0.05) is 18.2 Å². The van der Waals surface area contributed by atoms with Crippen LogP contribution in [-0.4, -0.2) is 29.3 Å². The maximum Gasteiger partial charge on any atom is 0.220 e. The first-order valence-electron chi connectivity index (χ1n) is 7.76. The van der Waals surface area contributed by atoms with Crippen molar-refractivity contribution in [1.82, 2.24) is 15.5 Å². The summed E-state index contributed by atoms with van der Waals surface area (Å²) in [5.41, 5.74) is 2.37. The van der Waals surface area contributed by atoms with Gasteiger partial charge in [0.25, 0.3) is 0 Å². The van der Waals surface area contributed by atoms with Crippen LogP contribution in [0.25, 0.3) is 0 Å². The minimum absolute atomic E-state index is 0.113. The summed E-state index contributed by atoms with van der Waals surface area (Å²) in [5, 5.41) is 9.70. The van der Waals surface area contributed by atoms with Crippen LogP contribution in [0.2, 0.25) is 0 Å². The summed E-state index contributed by atoms with van der Waals surface area (Å²) in [4.78, 5) is 11.9. The lowest BCUT2D eigenvalue weighted by molar-refractivity contribution is -0.121. The summed E-state index contributed by atoms with van der Waals surface area (Å²) in [7, 11) is 0. The summed E-state index contributed by atoms with van der Waals surface area (Å²) in [6.07, 6.45) is 6.91. The Balaban J connectivity index is 1.37. The second-order valence-electron chi connectivity index (χ2n) is 5.75. The summed E-state index contributed by atoms with van der Waals surface area (Å²) in [6.45, 7) is 1.35. The molecule has 5 heteroatoms. The Bertz CT molecular complexity index is 610. The molecule has 0 unspecified atom stereocenters. The number of nitrogens with one attached hydrogen (secondary N) is 2. The van der Waals surface area contributed by atoms with Crippen molar-refractivity contribution in [3.8, 4) is 5.75 Å². The molecule has 0 radical (unpaired) electrons. The van der Waals surface area contributed by atoms with Crippen LogP contribution in [-0.2, 0) is 17.6 Å². The van der Waals surface area contributed by atoms with Crippen LogP contribution in [0.3, 0.4) is 0 Å². The molecule has 22 heavy (non-hydrogen) atoms. The third-order valence-corrected chi connectivity index (χ3v) is 3.97. The van der Waals surface area contributed by atoms with E-state index < -0.39 is 0 Å². The first-order valence-corrected chi connectivity index (χ1v) is 7.76. The van der Waals surface area contributed by atoms with Crippen LogP contribution in [0.4, 0.5) is 0 Å². The van der Waals surface area contributed by atoms with Gasteiger partial charge in [0.1, 0.15) is 5.75 Å². The number of fused-ring (bicyclic) bond motifs is 1. The number of hydrogen-bond acceptors (Lipinski definition) is 3. The Morgan fingerprint density at radius 3 is 3.18 bits per heavy atom. The number of amides is 1. The van der Waals surface area contributed by atoms with E-state index in [1.807, 2.05) is 24.4 Å². The molecule has 2 heterocycles. The predicted molar refractivity (Wildman–Crippen MR) is 83.7 cm³/mol. The average molecular weight is 299 g/mol. The fourth-order valence-corrected chi connectivity index (χ4v) is 2.74.